The Bertz CT molecular complexity index is 458. The molecule has 1 aromatic carbocycles. The maximum absolute atomic E-state index is 8.85. The first-order chi connectivity index (χ1) is 8.69. The van der Waals surface area contributed by atoms with Crippen molar-refractivity contribution in [3.8, 4) is 6.07 Å². The Kier molecular flexibility index (Phi) is 4.59. The van der Waals surface area contributed by atoms with Gasteiger partial charge < -0.3 is 15.0 Å². The molecule has 1 atom stereocenters. The Morgan fingerprint density at radius 1 is 1.61 bits per heavy atom. The van der Waals surface area contributed by atoms with Crippen molar-refractivity contribution < 1.29 is 4.74 Å². The second kappa shape index (κ2) is 6.19. The SMILES string of the molecule is CN1CCOC(CNc2ccc(C#N)c(Br)c2)C1. The maximum atomic E-state index is 8.85. The van der Waals surface area contributed by atoms with E-state index in [0.717, 1.165) is 36.4 Å². The van der Waals surface area contributed by atoms with Crippen LogP contribution in [0.25, 0.3) is 0 Å². The maximum Gasteiger partial charge on any atom is 0.100 e. The predicted octanol–water partition coefficient (Wildman–Crippen LogP) is 2.06. The summed E-state index contributed by atoms with van der Waals surface area (Å²) in [6, 6.07) is 7.77. The second-order valence-electron chi connectivity index (χ2n) is 4.44. The van der Waals surface area contributed by atoms with E-state index in [0.29, 0.717) is 5.56 Å². The summed E-state index contributed by atoms with van der Waals surface area (Å²) in [6.45, 7) is 3.52. The lowest BCUT2D eigenvalue weighted by Gasteiger charge is -2.30. The van der Waals surface area contributed by atoms with Crippen LogP contribution in [0.3, 0.4) is 0 Å². The third-order valence-electron chi connectivity index (χ3n) is 2.97. The highest BCUT2D eigenvalue weighted by Crippen LogP contribution is 2.21. The summed E-state index contributed by atoms with van der Waals surface area (Å²) < 4.78 is 6.49. The number of ether oxygens (including phenoxy) is 1. The molecule has 1 heterocycles. The van der Waals surface area contributed by atoms with Crippen LogP contribution in [0.1, 0.15) is 5.56 Å². The standard InChI is InChI=1S/C13H16BrN3O/c1-17-4-5-18-12(9-17)8-16-11-3-2-10(7-15)13(14)6-11/h2-3,6,12,16H,4-5,8-9H2,1H3. The number of nitrogens with one attached hydrogen (secondary N) is 1. The lowest BCUT2D eigenvalue weighted by molar-refractivity contribution is -0.0117. The van der Waals surface area contributed by atoms with E-state index in [9.17, 15) is 0 Å². The van der Waals surface area contributed by atoms with Crippen molar-refractivity contribution in [1.82, 2.24) is 4.90 Å². The average Bonchev–Trinajstić information content (AvgIpc) is 2.37. The van der Waals surface area contributed by atoms with E-state index < -0.39 is 0 Å². The minimum absolute atomic E-state index is 0.221. The first kappa shape index (κ1) is 13.3. The van der Waals surface area contributed by atoms with E-state index >= 15 is 0 Å². The zero-order chi connectivity index (χ0) is 13.0. The molecule has 96 valence electrons. The highest BCUT2D eigenvalue weighted by molar-refractivity contribution is 9.10. The molecular formula is C13H16BrN3O. The highest BCUT2D eigenvalue weighted by Gasteiger charge is 2.17. The number of rotatable bonds is 3. The van der Waals surface area contributed by atoms with Crippen LogP contribution in [0.4, 0.5) is 5.69 Å². The van der Waals surface area contributed by atoms with Gasteiger partial charge in [-0.3, -0.25) is 0 Å². The van der Waals surface area contributed by atoms with Crippen molar-refractivity contribution in [2.24, 2.45) is 0 Å². The first-order valence-corrected chi connectivity index (χ1v) is 6.72. The van der Waals surface area contributed by atoms with Gasteiger partial charge in [0.1, 0.15) is 6.07 Å². The van der Waals surface area contributed by atoms with Crippen molar-refractivity contribution in [3.05, 3.63) is 28.2 Å². The van der Waals surface area contributed by atoms with E-state index in [1.807, 2.05) is 12.1 Å². The van der Waals surface area contributed by atoms with Crippen molar-refractivity contribution in [3.63, 3.8) is 0 Å². The molecule has 0 saturated carbocycles. The number of nitriles is 1. The van der Waals surface area contributed by atoms with E-state index in [-0.39, 0.29) is 6.10 Å². The fourth-order valence-corrected chi connectivity index (χ4v) is 2.41. The number of likely N-dealkylation sites (N-methyl/N-ethyl adjacent to an activating group) is 1. The number of hydrogen-bond donors (Lipinski definition) is 1. The predicted molar refractivity (Wildman–Crippen MR) is 74.6 cm³/mol. The van der Waals surface area contributed by atoms with Gasteiger partial charge in [0.15, 0.2) is 0 Å². The molecule has 2 rings (SSSR count). The molecule has 0 radical (unpaired) electrons. The van der Waals surface area contributed by atoms with E-state index in [2.05, 4.69) is 39.3 Å². The molecule has 1 N–H and O–H groups in total. The molecule has 1 aliphatic rings. The van der Waals surface area contributed by atoms with Crippen LogP contribution >= 0.6 is 15.9 Å². The molecular weight excluding hydrogens is 294 g/mol. The largest absolute Gasteiger partial charge is 0.382 e. The Hall–Kier alpha value is -1.09. The zero-order valence-electron chi connectivity index (χ0n) is 10.3. The number of benzene rings is 1. The average molecular weight is 310 g/mol. The third kappa shape index (κ3) is 3.45. The van der Waals surface area contributed by atoms with Crippen LogP contribution in [0.5, 0.6) is 0 Å². The Labute approximate surface area is 116 Å². The molecule has 0 spiro atoms. The summed E-state index contributed by atoms with van der Waals surface area (Å²) in [5.41, 5.74) is 1.65. The summed E-state index contributed by atoms with van der Waals surface area (Å²) in [4.78, 5) is 2.27. The van der Waals surface area contributed by atoms with Crippen LogP contribution < -0.4 is 5.32 Å². The Balaban J connectivity index is 1.90. The lowest BCUT2D eigenvalue weighted by atomic mass is 10.2. The molecule has 0 bridgehead atoms. The van der Waals surface area contributed by atoms with Gasteiger partial charge in [0.2, 0.25) is 0 Å². The molecule has 0 aromatic heterocycles. The van der Waals surface area contributed by atoms with E-state index in [1.165, 1.54) is 0 Å². The lowest BCUT2D eigenvalue weighted by Crippen LogP contribution is -2.43. The molecule has 1 unspecified atom stereocenters. The second-order valence-corrected chi connectivity index (χ2v) is 5.30. The minimum Gasteiger partial charge on any atom is -0.382 e. The van der Waals surface area contributed by atoms with Gasteiger partial charge in [0.25, 0.3) is 0 Å². The Morgan fingerprint density at radius 2 is 2.44 bits per heavy atom. The van der Waals surface area contributed by atoms with E-state index in [4.69, 9.17) is 10.00 Å². The van der Waals surface area contributed by atoms with Crippen LogP contribution in [0.2, 0.25) is 0 Å². The number of anilines is 1. The molecule has 1 aromatic rings. The number of halogens is 1. The van der Waals surface area contributed by atoms with Gasteiger partial charge in [-0.15, -0.1) is 0 Å². The third-order valence-corrected chi connectivity index (χ3v) is 3.62. The van der Waals surface area contributed by atoms with Gasteiger partial charge in [0.05, 0.1) is 18.3 Å². The Morgan fingerprint density at radius 3 is 3.11 bits per heavy atom. The molecule has 1 saturated heterocycles. The van der Waals surface area contributed by atoms with Crippen LogP contribution in [-0.4, -0.2) is 44.3 Å². The fraction of sp³-hybridized carbons (Fsp3) is 0.462. The van der Waals surface area contributed by atoms with Crippen LogP contribution in [-0.2, 0) is 4.74 Å². The van der Waals surface area contributed by atoms with Gasteiger partial charge in [-0.1, -0.05) is 0 Å². The zero-order valence-corrected chi connectivity index (χ0v) is 11.9. The molecule has 1 aliphatic heterocycles. The quantitative estimate of drug-likeness (QED) is 0.928. The van der Waals surface area contributed by atoms with Gasteiger partial charge in [-0.05, 0) is 41.2 Å². The van der Waals surface area contributed by atoms with Crippen molar-refractivity contribution in [2.75, 3.05) is 38.6 Å². The normalized spacial score (nSPS) is 20.4. The summed E-state index contributed by atoms with van der Waals surface area (Å²) in [5.74, 6) is 0. The molecule has 5 heteroatoms. The number of morpholine rings is 1. The van der Waals surface area contributed by atoms with Gasteiger partial charge >= 0.3 is 0 Å². The molecule has 18 heavy (non-hydrogen) atoms. The van der Waals surface area contributed by atoms with E-state index in [1.54, 1.807) is 6.07 Å². The van der Waals surface area contributed by atoms with Crippen molar-refractivity contribution in [2.45, 2.75) is 6.10 Å². The summed E-state index contributed by atoms with van der Waals surface area (Å²) in [6.07, 6.45) is 0.221. The summed E-state index contributed by atoms with van der Waals surface area (Å²) in [5, 5.41) is 12.2. The molecule has 1 fully saturated rings. The monoisotopic (exact) mass is 309 g/mol. The minimum atomic E-state index is 0.221. The van der Waals surface area contributed by atoms with Gasteiger partial charge in [-0.25, -0.2) is 0 Å². The van der Waals surface area contributed by atoms with Crippen LogP contribution in [0, 0.1) is 11.3 Å². The topological polar surface area (TPSA) is 48.3 Å². The van der Waals surface area contributed by atoms with Crippen molar-refractivity contribution in [1.29, 1.82) is 5.26 Å². The number of hydrogen-bond acceptors (Lipinski definition) is 4. The fourth-order valence-electron chi connectivity index (χ4n) is 1.94. The molecule has 4 nitrogen and oxygen atoms in total. The van der Waals surface area contributed by atoms with Gasteiger partial charge in [0, 0.05) is 29.8 Å². The number of nitrogens with zero attached hydrogens (tertiary/aromatic N) is 2. The first-order valence-electron chi connectivity index (χ1n) is 5.92. The molecule has 0 amide bonds. The summed E-state index contributed by atoms with van der Waals surface area (Å²) >= 11 is 3.38. The highest BCUT2D eigenvalue weighted by atomic mass is 79.9. The van der Waals surface area contributed by atoms with Crippen molar-refractivity contribution >= 4 is 21.6 Å². The summed E-state index contributed by atoms with van der Waals surface area (Å²) in [7, 11) is 2.10. The van der Waals surface area contributed by atoms with Crippen LogP contribution in [0.15, 0.2) is 22.7 Å². The van der Waals surface area contributed by atoms with Gasteiger partial charge in [-0.2, -0.15) is 5.26 Å². The molecule has 0 aliphatic carbocycles. The smallest absolute Gasteiger partial charge is 0.100 e.